The Hall–Kier alpha value is -4.72. The minimum absolute atomic E-state index is 0.0744. The molecule has 0 saturated heterocycles. The summed E-state index contributed by atoms with van der Waals surface area (Å²) in [6, 6.07) is 11.4. The number of nitriles is 1. The molecule has 0 aliphatic heterocycles. The van der Waals surface area contributed by atoms with Crippen molar-refractivity contribution in [2.75, 3.05) is 11.9 Å². The second-order valence-electron chi connectivity index (χ2n) is 9.86. The van der Waals surface area contributed by atoms with Crippen molar-refractivity contribution in [3.63, 3.8) is 0 Å². The third kappa shape index (κ3) is 4.48. The summed E-state index contributed by atoms with van der Waals surface area (Å²) in [6.07, 6.45) is 8.66. The Morgan fingerprint density at radius 3 is 2.49 bits per heavy atom. The second-order valence-corrected chi connectivity index (χ2v) is 9.86. The van der Waals surface area contributed by atoms with Gasteiger partial charge in [-0.3, -0.25) is 0 Å². The molecule has 0 unspecified atom stereocenters. The van der Waals surface area contributed by atoms with Crippen molar-refractivity contribution >= 4 is 11.3 Å². The molecule has 5 heterocycles. The molecule has 0 radical (unpaired) electrons. The standard InChI is InChI=1S/C28H23F3N8/c1-17(18-3-6-26(34-11-18)38-16-23(29)14-36-38)37(2)25-5-4-19(12-33-25)24-7-20(21-8-28(30,31)9-21)15-39-27(24)22(10-32)13-35-39/h3-7,11-17,21H,8-9H2,1-2H3/t17-/m0/s1. The summed E-state index contributed by atoms with van der Waals surface area (Å²) in [6.45, 7) is 2.02. The number of hydrogen-bond donors (Lipinski definition) is 0. The lowest BCUT2D eigenvalue weighted by Crippen LogP contribution is -2.33. The van der Waals surface area contributed by atoms with E-state index < -0.39 is 11.7 Å². The van der Waals surface area contributed by atoms with E-state index in [1.807, 2.05) is 43.1 Å². The Morgan fingerprint density at radius 2 is 1.87 bits per heavy atom. The molecule has 1 aliphatic rings. The van der Waals surface area contributed by atoms with Crippen LogP contribution in [-0.2, 0) is 0 Å². The maximum absolute atomic E-state index is 13.6. The highest BCUT2D eigenvalue weighted by molar-refractivity contribution is 5.84. The molecule has 11 heteroatoms. The molecule has 5 aromatic heterocycles. The normalized spacial score (nSPS) is 15.6. The summed E-state index contributed by atoms with van der Waals surface area (Å²) in [5, 5.41) is 17.8. The highest BCUT2D eigenvalue weighted by atomic mass is 19.3. The SMILES string of the molecule is C[C@@H](c1ccc(-n2cc(F)cn2)nc1)N(C)c1ccc(-c2cc(C3CC(F)(F)C3)cn3ncc(C#N)c23)cn1. The van der Waals surface area contributed by atoms with E-state index in [9.17, 15) is 18.4 Å². The number of hydrogen-bond acceptors (Lipinski definition) is 6. The van der Waals surface area contributed by atoms with Gasteiger partial charge in [0.05, 0.1) is 35.7 Å². The van der Waals surface area contributed by atoms with Gasteiger partial charge < -0.3 is 4.90 Å². The van der Waals surface area contributed by atoms with E-state index in [-0.39, 0.29) is 24.8 Å². The van der Waals surface area contributed by atoms with Crippen molar-refractivity contribution in [1.29, 1.82) is 5.26 Å². The van der Waals surface area contributed by atoms with Gasteiger partial charge in [-0.2, -0.15) is 15.5 Å². The molecule has 0 N–H and O–H groups in total. The molecule has 8 nitrogen and oxygen atoms in total. The van der Waals surface area contributed by atoms with E-state index in [1.165, 1.54) is 17.1 Å². The van der Waals surface area contributed by atoms with Crippen LogP contribution in [0.15, 0.2) is 67.5 Å². The first-order valence-electron chi connectivity index (χ1n) is 12.4. The average Bonchev–Trinajstić information content (AvgIpc) is 3.56. The van der Waals surface area contributed by atoms with Gasteiger partial charge in [0.2, 0.25) is 5.92 Å². The molecule has 5 aromatic rings. The van der Waals surface area contributed by atoms with Gasteiger partial charge >= 0.3 is 0 Å². The van der Waals surface area contributed by atoms with Crippen molar-refractivity contribution in [1.82, 2.24) is 29.4 Å². The summed E-state index contributed by atoms with van der Waals surface area (Å²) >= 11 is 0. The van der Waals surface area contributed by atoms with Crippen LogP contribution in [0.25, 0.3) is 22.5 Å². The van der Waals surface area contributed by atoms with E-state index in [2.05, 4.69) is 26.2 Å². The van der Waals surface area contributed by atoms with E-state index >= 15 is 0 Å². The molecule has 1 atom stereocenters. The monoisotopic (exact) mass is 528 g/mol. The molecule has 0 amide bonds. The molecule has 39 heavy (non-hydrogen) atoms. The zero-order valence-corrected chi connectivity index (χ0v) is 21.1. The van der Waals surface area contributed by atoms with Crippen LogP contribution < -0.4 is 4.90 Å². The minimum atomic E-state index is -2.64. The molecule has 1 saturated carbocycles. The lowest BCUT2D eigenvalue weighted by molar-refractivity contribution is -0.0868. The minimum Gasteiger partial charge on any atom is -0.353 e. The summed E-state index contributed by atoms with van der Waals surface area (Å²) in [5.74, 6) is -2.11. The predicted octanol–water partition coefficient (Wildman–Crippen LogP) is 5.70. The third-order valence-electron chi connectivity index (χ3n) is 7.36. The molecule has 1 fully saturated rings. The number of aromatic nitrogens is 6. The number of alkyl halides is 2. The highest BCUT2D eigenvalue weighted by Gasteiger charge is 2.46. The first-order chi connectivity index (χ1) is 18.7. The Bertz CT molecular complexity index is 1690. The van der Waals surface area contributed by atoms with Crippen molar-refractivity contribution in [3.05, 3.63) is 90.0 Å². The summed E-state index contributed by atoms with van der Waals surface area (Å²) < 4.78 is 43.4. The summed E-state index contributed by atoms with van der Waals surface area (Å²) in [7, 11) is 1.92. The lowest BCUT2D eigenvalue weighted by Gasteiger charge is -2.35. The van der Waals surface area contributed by atoms with Gasteiger partial charge in [0.25, 0.3) is 0 Å². The summed E-state index contributed by atoms with van der Waals surface area (Å²) in [5.41, 5.74) is 4.20. The third-order valence-corrected chi connectivity index (χ3v) is 7.36. The molecule has 6 rings (SSSR count). The van der Waals surface area contributed by atoms with Crippen LogP contribution in [0.3, 0.4) is 0 Å². The lowest BCUT2D eigenvalue weighted by atomic mass is 9.77. The number of halogens is 3. The molecule has 1 aliphatic carbocycles. The fourth-order valence-corrected chi connectivity index (χ4v) is 4.95. The molecule has 0 aromatic carbocycles. The van der Waals surface area contributed by atoms with Crippen molar-refractivity contribution in [2.45, 2.75) is 37.6 Å². The van der Waals surface area contributed by atoms with E-state index in [0.29, 0.717) is 22.7 Å². The Labute approximate surface area is 222 Å². The first-order valence-corrected chi connectivity index (χ1v) is 12.4. The van der Waals surface area contributed by atoms with Crippen LogP contribution in [0.5, 0.6) is 0 Å². The van der Waals surface area contributed by atoms with Crippen LogP contribution in [-0.4, -0.2) is 42.3 Å². The number of pyridine rings is 3. The van der Waals surface area contributed by atoms with Gasteiger partial charge in [0.15, 0.2) is 11.6 Å². The molecular formula is C28H23F3N8. The first kappa shape index (κ1) is 24.6. The van der Waals surface area contributed by atoms with Gasteiger partial charge in [-0.15, -0.1) is 0 Å². The Balaban J connectivity index is 1.27. The van der Waals surface area contributed by atoms with Gasteiger partial charge in [0, 0.05) is 49.6 Å². The van der Waals surface area contributed by atoms with E-state index in [0.717, 1.165) is 28.5 Å². The van der Waals surface area contributed by atoms with Gasteiger partial charge in [-0.25, -0.2) is 32.3 Å². The maximum Gasteiger partial charge on any atom is 0.249 e. The average molecular weight is 529 g/mol. The molecule has 0 bridgehead atoms. The van der Waals surface area contributed by atoms with E-state index in [4.69, 9.17) is 0 Å². The maximum atomic E-state index is 13.6. The molecule has 0 spiro atoms. The number of anilines is 1. The van der Waals surface area contributed by atoms with Crippen molar-refractivity contribution < 1.29 is 13.2 Å². The van der Waals surface area contributed by atoms with Crippen LogP contribution in [0.4, 0.5) is 19.0 Å². The number of rotatable bonds is 6. The van der Waals surface area contributed by atoms with Gasteiger partial charge in [0.1, 0.15) is 11.9 Å². The second kappa shape index (κ2) is 9.23. The van der Waals surface area contributed by atoms with Crippen LogP contribution in [0, 0.1) is 17.1 Å². The van der Waals surface area contributed by atoms with Gasteiger partial charge in [-0.1, -0.05) is 6.07 Å². The van der Waals surface area contributed by atoms with Gasteiger partial charge in [-0.05, 0) is 48.2 Å². The zero-order chi connectivity index (χ0) is 27.3. The number of fused-ring (bicyclic) bond motifs is 1. The summed E-state index contributed by atoms with van der Waals surface area (Å²) in [4.78, 5) is 11.1. The van der Waals surface area contributed by atoms with E-state index in [1.54, 1.807) is 29.2 Å². The fourth-order valence-electron chi connectivity index (χ4n) is 4.95. The Kier molecular flexibility index (Phi) is 5.83. The van der Waals surface area contributed by atoms with Crippen molar-refractivity contribution in [3.8, 4) is 23.0 Å². The molecular weight excluding hydrogens is 505 g/mol. The van der Waals surface area contributed by atoms with Crippen LogP contribution in [0.2, 0.25) is 0 Å². The van der Waals surface area contributed by atoms with Crippen LogP contribution >= 0.6 is 0 Å². The zero-order valence-electron chi connectivity index (χ0n) is 21.1. The van der Waals surface area contributed by atoms with Crippen molar-refractivity contribution in [2.24, 2.45) is 0 Å². The largest absolute Gasteiger partial charge is 0.353 e. The Morgan fingerprint density at radius 1 is 1.05 bits per heavy atom. The molecule has 196 valence electrons. The fraction of sp³-hybridized carbons (Fsp3) is 0.250. The topological polar surface area (TPSA) is 87.9 Å². The smallest absolute Gasteiger partial charge is 0.249 e. The highest BCUT2D eigenvalue weighted by Crippen LogP contribution is 2.49. The number of nitrogens with zero attached hydrogens (tertiary/aromatic N) is 8. The predicted molar refractivity (Wildman–Crippen MR) is 138 cm³/mol. The van der Waals surface area contributed by atoms with Crippen LogP contribution in [0.1, 0.15) is 48.4 Å². The quantitative estimate of drug-likeness (QED) is 0.281.